The van der Waals surface area contributed by atoms with Crippen molar-refractivity contribution < 1.29 is 13.2 Å². The molecular formula is C18H16Cl2F3N3. The molecule has 0 aliphatic heterocycles. The maximum Gasteiger partial charge on any atom is 0.418 e. The average Bonchev–Trinajstić information content (AvgIpc) is 2.95. The fraction of sp³-hybridized carbons (Fsp3) is 0.278. The van der Waals surface area contributed by atoms with Gasteiger partial charge in [0, 0.05) is 11.6 Å². The van der Waals surface area contributed by atoms with E-state index in [1.165, 1.54) is 6.07 Å². The van der Waals surface area contributed by atoms with Crippen LogP contribution >= 0.6 is 23.2 Å². The molecule has 3 nitrogen and oxygen atoms in total. The van der Waals surface area contributed by atoms with Crippen molar-refractivity contribution in [3.05, 3.63) is 51.6 Å². The number of rotatable bonds is 5. The Labute approximate surface area is 158 Å². The molecule has 1 aromatic carbocycles. The Morgan fingerprint density at radius 2 is 1.85 bits per heavy atom. The zero-order valence-electron chi connectivity index (χ0n) is 13.6. The monoisotopic (exact) mass is 401 g/mol. The molecule has 8 heteroatoms. The van der Waals surface area contributed by atoms with Crippen molar-refractivity contribution in [2.75, 3.05) is 6.54 Å². The van der Waals surface area contributed by atoms with Gasteiger partial charge in [-0.3, -0.25) is 4.98 Å². The molecule has 0 unspecified atom stereocenters. The quantitative estimate of drug-likeness (QED) is 0.527. The van der Waals surface area contributed by atoms with E-state index in [4.69, 9.17) is 28.9 Å². The van der Waals surface area contributed by atoms with Crippen LogP contribution in [0.4, 0.5) is 13.2 Å². The van der Waals surface area contributed by atoms with Crippen molar-refractivity contribution in [3.63, 3.8) is 0 Å². The van der Waals surface area contributed by atoms with E-state index in [0.717, 1.165) is 12.5 Å². The lowest BCUT2D eigenvalue weighted by Crippen LogP contribution is -2.05. The first kappa shape index (κ1) is 19.0. The van der Waals surface area contributed by atoms with Crippen LogP contribution in [0.2, 0.25) is 10.0 Å². The molecule has 0 radical (unpaired) electrons. The average molecular weight is 402 g/mol. The number of aromatic amines is 1. The number of nitrogens with zero attached hydrogens (tertiary/aromatic N) is 1. The van der Waals surface area contributed by atoms with E-state index >= 15 is 0 Å². The first-order valence-corrected chi connectivity index (χ1v) is 8.81. The van der Waals surface area contributed by atoms with Gasteiger partial charge in [-0.1, -0.05) is 23.2 Å². The molecule has 0 aliphatic rings. The van der Waals surface area contributed by atoms with Crippen LogP contribution in [0, 0.1) is 0 Å². The maximum absolute atomic E-state index is 13.5. The molecule has 0 saturated heterocycles. The molecular weight excluding hydrogens is 386 g/mol. The lowest BCUT2D eigenvalue weighted by Gasteiger charge is -2.09. The van der Waals surface area contributed by atoms with Crippen molar-refractivity contribution in [1.82, 2.24) is 9.97 Å². The van der Waals surface area contributed by atoms with Crippen LogP contribution in [0.3, 0.4) is 0 Å². The Kier molecular flexibility index (Phi) is 5.46. The standard InChI is InChI=1S/C18H16Cl2F3N3/c19-12-7-6-11(18(21,22)23)16-14(12)10(4-1-2-8-24)15(26-16)17-13(20)5-3-9-25-17/h3,5-7,9,26H,1-2,4,8,24H2. The summed E-state index contributed by atoms with van der Waals surface area (Å²) in [5.41, 5.74) is 6.26. The third-order valence-corrected chi connectivity index (χ3v) is 4.81. The fourth-order valence-corrected chi connectivity index (χ4v) is 3.52. The number of pyridine rings is 1. The zero-order valence-corrected chi connectivity index (χ0v) is 15.1. The van der Waals surface area contributed by atoms with Gasteiger partial charge in [-0.25, -0.2) is 0 Å². The highest BCUT2D eigenvalue weighted by atomic mass is 35.5. The van der Waals surface area contributed by atoms with Gasteiger partial charge in [0.2, 0.25) is 0 Å². The molecule has 0 aliphatic carbocycles. The van der Waals surface area contributed by atoms with Gasteiger partial charge >= 0.3 is 6.18 Å². The number of aromatic nitrogens is 2. The number of H-pyrrole nitrogens is 1. The minimum absolute atomic E-state index is 0.0514. The van der Waals surface area contributed by atoms with E-state index in [-0.39, 0.29) is 10.5 Å². The Bertz CT molecular complexity index is 935. The molecule has 0 atom stereocenters. The number of halogens is 5. The lowest BCUT2D eigenvalue weighted by molar-refractivity contribution is -0.136. The summed E-state index contributed by atoms with van der Waals surface area (Å²) in [6, 6.07) is 5.56. The predicted octanol–water partition coefficient (Wildman–Crippen LogP) is 5.84. The highest BCUT2D eigenvalue weighted by Crippen LogP contribution is 2.42. The zero-order chi connectivity index (χ0) is 18.9. The summed E-state index contributed by atoms with van der Waals surface area (Å²) in [4.78, 5) is 7.12. The van der Waals surface area contributed by atoms with Crippen molar-refractivity contribution in [2.24, 2.45) is 5.73 Å². The molecule has 0 amide bonds. The maximum atomic E-state index is 13.5. The number of aryl methyl sites for hydroxylation is 1. The Morgan fingerprint density at radius 3 is 2.50 bits per heavy atom. The van der Waals surface area contributed by atoms with Gasteiger partial charge < -0.3 is 10.7 Å². The summed E-state index contributed by atoms with van der Waals surface area (Å²) >= 11 is 12.5. The number of unbranched alkanes of at least 4 members (excludes halogenated alkanes) is 1. The second-order valence-corrected chi connectivity index (χ2v) is 6.72. The van der Waals surface area contributed by atoms with E-state index in [2.05, 4.69) is 9.97 Å². The van der Waals surface area contributed by atoms with Crippen molar-refractivity contribution in [2.45, 2.75) is 25.4 Å². The summed E-state index contributed by atoms with van der Waals surface area (Å²) in [5, 5.41) is 0.962. The van der Waals surface area contributed by atoms with Gasteiger partial charge in [-0.2, -0.15) is 13.2 Å². The lowest BCUT2D eigenvalue weighted by atomic mass is 10.0. The van der Waals surface area contributed by atoms with E-state index in [1.54, 1.807) is 18.3 Å². The van der Waals surface area contributed by atoms with Gasteiger partial charge in [0.05, 0.1) is 26.8 Å². The van der Waals surface area contributed by atoms with Crippen LogP contribution < -0.4 is 5.73 Å². The molecule has 3 rings (SSSR count). The third-order valence-electron chi connectivity index (χ3n) is 4.19. The van der Waals surface area contributed by atoms with E-state index < -0.39 is 11.7 Å². The van der Waals surface area contributed by atoms with E-state index in [0.29, 0.717) is 46.7 Å². The van der Waals surface area contributed by atoms with Gasteiger partial charge in [0.15, 0.2) is 0 Å². The normalized spacial score (nSPS) is 12.1. The van der Waals surface area contributed by atoms with Crippen LogP contribution in [0.5, 0.6) is 0 Å². The first-order valence-electron chi connectivity index (χ1n) is 8.05. The molecule has 0 bridgehead atoms. The van der Waals surface area contributed by atoms with E-state index in [1.807, 2.05) is 0 Å². The van der Waals surface area contributed by atoms with Crippen LogP contribution in [-0.2, 0) is 12.6 Å². The number of nitrogens with one attached hydrogen (secondary N) is 1. The second kappa shape index (κ2) is 7.47. The van der Waals surface area contributed by atoms with Gasteiger partial charge in [0.1, 0.15) is 5.69 Å². The number of fused-ring (bicyclic) bond motifs is 1. The van der Waals surface area contributed by atoms with Crippen LogP contribution in [0.25, 0.3) is 22.3 Å². The summed E-state index contributed by atoms with van der Waals surface area (Å²) in [6.45, 7) is 0.504. The van der Waals surface area contributed by atoms with Crippen molar-refractivity contribution in [3.8, 4) is 11.4 Å². The van der Waals surface area contributed by atoms with Gasteiger partial charge in [-0.15, -0.1) is 0 Å². The summed E-state index contributed by atoms with van der Waals surface area (Å²) in [6.07, 6.45) is -0.983. The topological polar surface area (TPSA) is 54.7 Å². The SMILES string of the molecule is NCCCCc1c(-c2ncccc2Cl)[nH]c2c(C(F)(F)F)ccc(Cl)c12. The largest absolute Gasteiger partial charge is 0.418 e. The highest BCUT2D eigenvalue weighted by Gasteiger charge is 2.35. The van der Waals surface area contributed by atoms with Crippen LogP contribution in [0.1, 0.15) is 24.0 Å². The summed E-state index contributed by atoms with van der Waals surface area (Å²) in [5.74, 6) is 0. The molecule has 3 N–H and O–H groups in total. The van der Waals surface area contributed by atoms with Crippen LogP contribution in [0.15, 0.2) is 30.5 Å². The minimum Gasteiger partial charge on any atom is -0.352 e. The molecule has 0 spiro atoms. The molecule has 2 heterocycles. The van der Waals surface area contributed by atoms with E-state index in [9.17, 15) is 13.2 Å². The first-order chi connectivity index (χ1) is 12.3. The Morgan fingerprint density at radius 1 is 1.08 bits per heavy atom. The van der Waals surface area contributed by atoms with Crippen molar-refractivity contribution in [1.29, 1.82) is 0 Å². The number of nitrogens with two attached hydrogens (primary N) is 1. The number of hydrogen-bond donors (Lipinski definition) is 2. The molecule has 138 valence electrons. The number of hydrogen-bond acceptors (Lipinski definition) is 2. The second-order valence-electron chi connectivity index (χ2n) is 5.90. The predicted molar refractivity (Wildman–Crippen MR) is 98.5 cm³/mol. The summed E-state index contributed by atoms with van der Waals surface area (Å²) in [7, 11) is 0. The van der Waals surface area contributed by atoms with Gasteiger partial charge in [0.25, 0.3) is 0 Å². The van der Waals surface area contributed by atoms with Crippen molar-refractivity contribution >= 4 is 34.1 Å². The Hall–Kier alpha value is -1.76. The third kappa shape index (κ3) is 3.54. The molecule has 0 saturated carbocycles. The van der Waals surface area contributed by atoms with Gasteiger partial charge in [-0.05, 0) is 55.6 Å². The number of alkyl halides is 3. The van der Waals surface area contributed by atoms with Crippen LogP contribution in [-0.4, -0.2) is 16.5 Å². The minimum atomic E-state index is -4.51. The molecule has 2 aromatic heterocycles. The Balaban J connectivity index is 2.31. The highest BCUT2D eigenvalue weighted by molar-refractivity contribution is 6.36. The molecule has 3 aromatic rings. The molecule has 0 fully saturated rings. The smallest absolute Gasteiger partial charge is 0.352 e. The number of benzene rings is 1. The fourth-order valence-electron chi connectivity index (χ4n) is 3.03. The summed E-state index contributed by atoms with van der Waals surface area (Å²) < 4.78 is 40.4. The molecule has 26 heavy (non-hydrogen) atoms.